The molecule has 0 aliphatic carbocycles. The fourth-order valence-electron chi connectivity index (χ4n) is 4.43. The summed E-state index contributed by atoms with van der Waals surface area (Å²) in [6, 6.07) is 20.0. The van der Waals surface area contributed by atoms with E-state index in [-0.39, 0.29) is 11.8 Å². The number of hydrogen-bond acceptors (Lipinski definition) is 5. The number of fused-ring (bicyclic) bond motifs is 1. The van der Waals surface area contributed by atoms with E-state index in [2.05, 4.69) is 16.0 Å². The lowest BCUT2D eigenvalue weighted by molar-refractivity contribution is -0.118. The molecule has 0 radical (unpaired) electrons. The predicted molar refractivity (Wildman–Crippen MR) is 129 cm³/mol. The third-order valence-electron chi connectivity index (χ3n) is 6.01. The number of amides is 1. The van der Waals surface area contributed by atoms with E-state index >= 15 is 0 Å². The molecule has 3 heterocycles. The lowest BCUT2D eigenvalue weighted by Gasteiger charge is -2.19. The molecule has 2 aromatic carbocycles. The van der Waals surface area contributed by atoms with Gasteiger partial charge < -0.3 is 20.4 Å². The second-order valence-corrected chi connectivity index (χ2v) is 8.67. The maximum atomic E-state index is 11.4. The highest BCUT2D eigenvalue weighted by Crippen LogP contribution is 2.32. The van der Waals surface area contributed by atoms with E-state index in [1.165, 1.54) is 0 Å². The van der Waals surface area contributed by atoms with Gasteiger partial charge in [0.25, 0.3) is 0 Å². The summed E-state index contributed by atoms with van der Waals surface area (Å²) in [5.41, 5.74) is 9.26. The number of nitrogens with two attached hydrogens (primary N) is 1. The smallest absolute Gasteiger partial charge is 0.217 e. The van der Waals surface area contributed by atoms with E-state index in [1.54, 1.807) is 0 Å². The molecule has 168 valence electrons. The molecule has 3 N–H and O–H groups in total. The second kappa shape index (κ2) is 8.94. The Bertz CT molecular complexity index is 1280. The van der Waals surface area contributed by atoms with Gasteiger partial charge in [-0.05, 0) is 43.0 Å². The van der Waals surface area contributed by atoms with E-state index in [0.717, 1.165) is 58.9 Å². The Balaban J connectivity index is 1.48. The lowest BCUT2D eigenvalue weighted by Crippen LogP contribution is -2.23. The molecular formula is C26H27N5O2. The number of H-pyrrole nitrogens is 1. The van der Waals surface area contributed by atoms with Crippen LogP contribution < -0.4 is 15.4 Å². The van der Waals surface area contributed by atoms with Gasteiger partial charge in [-0.3, -0.25) is 4.79 Å². The Morgan fingerprint density at radius 1 is 1.15 bits per heavy atom. The zero-order valence-electron chi connectivity index (χ0n) is 18.6. The Morgan fingerprint density at radius 2 is 2.00 bits per heavy atom. The minimum Gasteiger partial charge on any atom is -0.487 e. The summed E-state index contributed by atoms with van der Waals surface area (Å²) in [4.78, 5) is 26.8. The number of rotatable bonds is 7. The standard InChI is InChI=1S/C26H27N5O2/c1-17-6-5-9-21(12-17)33-16-20-14-22-25(28-20)29-24(19-7-3-2-4-8-19)30-26(22)31-11-10-18(15-31)13-23(27)32/h2-9,12,14,18H,10-11,13,15-16H2,1H3,(H2,27,32)(H,28,29,30)/t18-/m1/s1. The van der Waals surface area contributed by atoms with Crippen LogP contribution in [0.3, 0.4) is 0 Å². The Kier molecular flexibility index (Phi) is 5.69. The monoisotopic (exact) mass is 441 g/mol. The maximum Gasteiger partial charge on any atom is 0.217 e. The minimum atomic E-state index is -0.253. The zero-order valence-corrected chi connectivity index (χ0v) is 18.6. The number of anilines is 1. The molecule has 4 aromatic rings. The van der Waals surface area contributed by atoms with E-state index in [9.17, 15) is 4.79 Å². The van der Waals surface area contributed by atoms with Crippen LogP contribution in [0, 0.1) is 12.8 Å². The minimum absolute atomic E-state index is 0.246. The second-order valence-electron chi connectivity index (χ2n) is 8.67. The largest absolute Gasteiger partial charge is 0.487 e. The Morgan fingerprint density at radius 3 is 2.79 bits per heavy atom. The topological polar surface area (TPSA) is 97.1 Å². The molecular weight excluding hydrogens is 414 g/mol. The van der Waals surface area contributed by atoms with Gasteiger partial charge in [0.05, 0.1) is 11.1 Å². The molecule has 2 aromatic heterocycles. The summed E-state index contributed by atoms with van der Waals surface area (Å²) in [7, 11) is 0. The molecule has 0 bridgehead atoms. The van der Waals surface area contributed by atoms with Crippen LogP contribution in [0.1, 0.15) is 24.1 Å². The number of aromatic nitrogens is 3. The van der Waals surface area contributed by atoms with Crippen molar-refractivity contribution in [3.63, 3.8) is 0 Å². The highest BCUT2D eigenvalue weighted by Gasteiger charge is 2.27. The summed E-state index contributed by atoms with van der Waals surface area (Å²) >= 11 is 0. The van der Waals surface area contributed by atoms with Crippen LogP contribution in [0.15, 0.2) is 60.7 Å². The number of aromatic amines is 1. The van der Waals surface area contributed by atoms with Gasteiger partial charge in [-0.2, -0.15) is 0 Å². The van der Waals surface area contributed by atoms with Crippen molar-refractivity contribution in [3.8, 4) is 17.1 Å². The highest BCUT2D eigenvalue weighted by atomic mass is 16.5. The third kappa shape index (κ3) is 4.67. The van der Waals surface area contributed by atoms with Crippen LogP contribution in [0.4, 0.5) is 5.82 Å². The molecule has 1 fully saturated rings. The summed E-state index contributed by atoms with van der Waals surface area (Å²) in [6.45, 7) is 4.04. The molecule has 1 saturated heterocycles. The summed E-state index contributed by atoms with van der Waals surface area (Å²) in [5, 5.41) is 0.956. The number of carbonyl (C=O) groups is 1. The van der Waals surface area contributed by atoms with E-state index in [0.29, 0.717) is 18.9 Å². The van der Waals surface area contributed by atoms with E-state index in [1.807, 2.05) is 61.5 Å². The Labute approximate surface area is 192 Å². The van der Waals surface area contributed by atoms with Crippen LogP contribution in [0.2, 0.25) is 0 Å². The van der Waals surface area contributed by atoms with Gasteiger partial charge >= 0.3 is 0 Å². The fraction of sp³-hybridized carbons (Fsp3) is 0.269. The fourth-order valence-corrected chi connectivity index (χ4v) is 4.43. The van der Waals surface area contributed by atoms with Crippen molar-refractivity contribution >= 4 is 22.8 Å². The van der Waals surface area contributed by atoms with Gasteiger partial charge in [0.15, 0.2) is 5.82 Å². The number of aryl methyl sites for hydroxylation is 1. The van der Waals surface area contributed by atoms with Crippen molar-refractivity contribution in [3.05, 3.63) is 71.9 Å². The molecule has 0 saturated carbocycles. The van der Waals surface area contributed by atoms with Crippen molar-refractivity contribution in [2.45, 2.75) is 26.4 Å². The van der Waals surface area contributed by atoms with Crippen LogP contribution >= 0.6 is 0 Å². The number of hydrogen-bond donors (Lipinski definition) is 2. The first-order chi connectivity index (χ1) is 16.0. The molecule has 1 aliphatic rings. The molecule has 7 heteroatoms. The van der Waals surface area contributed by atoms with Gasteiger partial charge in [0.2, 0.25) is 5.91 Å². The molecule has 33 heavy (non-hydrogen) atoms. The molecule has 1 atom stereocenters. The summed E-state index contributed by atoms with van der Waals surface area (Å²) in [5.74, 6) is 2.37. The van der Waals surface area contributed by atoms with Crippen LogP contribution in [0.5, 0.6) is 5.75 Å². The Hall–Kier alpha value is -3.87. The van der Waals surface area contributed by atoms with Crippen molar-refractivity contribution < 1.29 is 9.53 Å². The zero-order chi connectivity index (χ0) is 22.8. The molecule has 1 amide bonds. The van der Waals surface area contributed by atoms with E-state index < -0.39 is 0 Å². The van der Waals surface area contributed by atoms with Gasteiger partial charge in [-0.1, -0.05) is 42.5 Å². The SMILES string of the molecule is Cc1cccc(OCc2cc3c(N4CC[C@H](CC(N)=O)C4)nc(-c4ccccc4)nc3[nH]2)c1. The normalized spacial score (nSPS) is 15.8. The van der Waals surface area contributed by atoms with Gasteiger partial charge in [0, 0.05) is 25.1 Å². The number of carbonyl (C=O) groups excluding carboxylic acids is 1. The third-order valence-corrected chi connectivity index (χ3v) is 6.01. The average Bonchev–Trinajstić information content (AvgIpc) is 3.44. The first-order valence-corrected chi connectivity index (χ1v) is 11.2. The highest BCUT2D eigenvalue weighted by molar-refractivity contribution is 5.90. The van der Waals surface area contributed by atoms with Gasteiger partial charge in [0.1, 0.15) is 23.8 Å². The first kappa shape index (κ1) is 21.0. The van der Waals surface area contributed by atoms with Gasteiger partial charge in [-0.25, -0.2) is 9.97 Å². The lowest BCUT2D eigenvalue weighted by atomic mass is 10.1. The number of ether oxygens (including phenoxy) is 1. The summed E-state index contributed by atoms with van der Waals surface area (Å²) < 4.78 is 6.00. The van der Waals surface area contributed by atoms with Crippen molar-refractivity contribution in [2.24, 2.45) is 11.7 Å². The number of benzene rings is 2. The molecule has 1 aliphatic heterocycles. The quantitative estimate of drug-likeness (QED) is 0.448. The number of primary amides is 1. The van der Waals surface area contributed by atoms with Crippen LogP contribution in [-0.4, -0.2) is 33.9 Å². The van der Waals surface area contributed by atoms with Crippen LogP contribution in [-0.2, 0) is 11.4 Å². The molecule has 0 unspecified atom stereocenters. The van der Waals surface area contributed by atoms with Crippen molar-refractivity contribution in [1.82, 2.24) is 15.0 Å². The average molecular weight is 442 g/mol. The maximum absolute atomic E-state index is 11.4. The number of nitrogens with zero attached hydrogens (tertiary/aromatic N) is 3. The predicted octanol–water partition coefficient (Wildman–Crippen LogP) is 4.21. The van der Waals surface area contributed by atoms with Crippen molar-refractivity contribution in [2.75, 3.05) is 18.0 Å². The number of nitrogens with one attached hydrogen (secondary N) is 1. The first-order valence-electron chi connectivity index (χ1n) is 11.2. The molecule has 5 rings (SSSR count). The molecule has 0 spiro atoms. The van der Waals surface area contributed by atoms with Crippen molar-refractivity contribution in [1.29, 1.82) is 0 Å². The molecule has 7 nitrogen and oxygen atoms in total. The van der Waals surface area contributed by atoms with Gasteiger partial charge in [-0.15, -0.1) is 0 Å². The van der Waals surface area contributed by atoms with E-state index in [4.69, 9.17) is 20.4 Å². The summed E-state index contributed by atoms with van der Waals surface area (Å²) in [6.07, 6.45) is 1.32. The van der Waals surface area contributed by atoms with Crippen LogP contribution in [0.25, 0.3) is 22.4 Å².